The molecule has 0 radical (unpaired) electrons. The molecule has 0 spiro atoms. The van der Waals surface area contributed by atoms with Gasteiger partial charge in [0.1, 0.15) is 5.75 Å². The second-order valence-corrected chi connectivity index (χ2v) is 10.6. The Morgan fingerprint density at radius 2 is 1.49 bits per heavy atom. The van der Waals surface area contributed by atoms with E-state index in [-0.39, 0.29) is 6.10 Å². The van der Waals surface area contributed by atoms with Gasteiger partial charge in [-0.3, -0.25) is 4.99 Å². The normalized spacial score (nSPS) is 12.5. The van der Waals surface area contributed by atoms with Crippen LogP contribution in [0.2, 0.25) is 0 Å². The van der Waals surface area contributed by atoms with Crippen molar-refractivity contribution in [3.05, 3.63) is 144 Å². The Morgan fingerprint density at radius 3 is 2.20 bits per heavy atom. The highest BCUT2D eigenvalue weighted by Crippen LogP contribution is 2.28. The number of aromatic nitrogens is 1. The Labute approximate surface area is 244 Å². The first-order chi connectivity index (χ1) is 20.0. The van der Waals surface area contributed by atoms with Crippen molar-refractivity contribution in [2.24, 2.45) is 4.99 Å². The molecule has 0 N–H and O–H groups in total. The van der Waals surface area contributed by atoms with Gasteiger partial charge in [0.2, 0.25) is 0 Å². The second kappa shape index (κ2) is 13.1. The summed E-state index contributed by atoms with van der Waals surface area (Å²) in [5.41, 5.74) is 9.29. The first kappa shape index (κ1) is 27.9. The van der Waals surface area contributed by atoms with Gasteiger partial charge in [0.05, 0.1) is 11.8 Å². The smallest absolute Gasteiger partial charge is 0.119 e. The van der Waals surface area contributed by atoms with Gasteiger partial charge >= 0.3 is 0 Å². The highest BCUT2D eigenvalue weighted by Gasteiger charge is 2.12. The van der Waals surface area contributed by atoms with Crippen LogP contribution in [0.25, 0.3) is 22.6 Å². The van der Waals surface area contributed by atoms with Gasteiger partial charge in [-0.15, -0.1) is 0 Å². The number of aryl methyl sites for hydroxylation is 2. The van der Waals surface area contributed by atoms with Gasteiger partial charge in [-0.25, -0.2) is 0 Å². The van der Waals surface area contributed by atoms with Crippen molar-refractivity contribution in [2.45, 2.75) is 46.8 Å². The van der Waals surface area contributed by atoms with E-state index < -0.39 is 0 Å². The van der Waals surface area contributed by atoms with E-state index in [0.717, 1.165) is 41.3 Å². The van der Waals surface area contributed by atoms with Gasteiger partial charge in [-0.05, 0) is 75.6 Å². The maximum absolute atomic E-state index is 5.81. The molecule has 41 heavy (non-hydrogen) atoms. The monoisotopic (exact) mass is 538 g/mol. The number of allylic oxidation sites excluding steroid dienone is 3. The predicted octanol–water partition coefficient (Wildman–Crippen LogP) is 9.87. The minimum atomic E-state index is 0.180. The Balaban J connectivity index is 1.44. The number of nitrogens with zero attached hydrogens (tertiary/aromatic N) is 2. The zero-order valence-corrected chi connectivity index (χ0v) is 24.4. The first-order valence-corrected chi connectivity index (χ1v) is 14.4. The third kappa shape index (κ3) is 6.93. The van der Waals surface area contributed by atoms with Crippen molar-refractivity contribution >= 4 is 34.0 Å². The Hall–Kier alpha value is -4.63. The Kier molecular flexibility index (Phi) is 8.95. The van der Waals surface area contributed by atoms with Crippen molar-refractivity contribution in [1.82, 2.24) is 4.57 Å². The Bertz CT molecular complexity index is 1670. The van der Waals surface area contributed by atoms with E-state index in [1.54, 1.807) is 0 Å². The third-order valence-electron chi connectivity index (χ3n) is 7.25. The average molecular weight is 539 g/mol. The van der Waals surface area contributed by atoms with Crippen molar-refractivity contribution in [2.75, 3.05) is 0 Å². The minimum Gasteiger partial charge on any atom is -0.491 e. The summed E-state index contributed by atoms with van der Waals surface area (Å²) in [5.74, 6) is 0.922. The topological polar surface area (TPSA) is 26.5 Å². The summed E-state index contributed by atoms with van der Waals surface area (Å²) >= 11 is 0. The second-order valence-electron chi connectivity index (χ2n) is 10.6. The molecule has 3 nitrogen and oxygen atoms in total. The molecule has 1 heterocycles. The third-order valence-corrected chi connectivity index (χ3v) is 7.25. The number of aliphatic imine (C=N–C) groups is 1. The fourth-order valence-corrected chi connectivity index (χ4v) is 5.24. The SMILES string of the molecule is CC(=Nc1ccccc1)/C(=C\C=C\c1c(C)n(CCc2ccc(OC(C)C)cc2)c2ccccc12)c1ccccc1. The van der Waals surface area contributed by atoms with Crippen LogP contribution in [0.4, 0.5) is 5.69 Å². The lowest BCUT2D eigenvalue weighted by Crippen LogP contribution is -2.06. The highest BCUT2D eigenvalue weighted by molar-refractivity contribution is 6.23. The van der Waals surface area contributed by atoms with E-state index in [1.807, 2.05) is 36.4 Å². The molecule has 0 aliphatic rings. The molecule has 0 bridgehead atoms. The molecule has 0 saturated carbocycles. The van der Waals surface area contributed by atoms with Gasteiger partial charge in [-0.2, -0.15) is 0 Å². The van der Waals surface area contributed by atoms with Crippen LogP contribution in [0.15, 0.2) is 126 Å². The van der Waals surface area contributed by atoms with Crippen molar-refractivity contribution in [1.29, 1.82) is 0 Å². The molecule has 4 aromatic carbocycles. The number of fused-ring (bicyclic) bond motifs is 1. The molecule has 206 valence electrons. The molecule has 0 unspecified atom stereocenters. The lowest BCUT2D eigenvalue weighted by atomic mass is 10.0. The van der Waals surface area contributed by atoms with Crippen LogP contribution in [-0.2, 0) is 13.0 Å². The molecule has 0 fully saturated rings. The summed E-state index contributed by atoms with van der Waals surface area (Å²) in [6.45, 7) is 9.33. The van der Waals surface area contributed by atoms with Crippen LogP contribution >= 0.6 is 0 Å². The number of hydrogen-bond acceptors (Lipinski definition) is 2. The maximum atomic E-state index is 5.81. The van der Waals surface area contributed by atoms with Crippen LogP contribution in [-0.4, -0.2) is 16.4 Å². The lowest BCUT2D eigenvalue weighted by Gasteiger charge is -2.11. The minimum absolute atomic E-state index is 0.180. The lowest BCUT2D eigenvalue weighted by molar-refractivity contribution is 0.242. The van der Waals surface area contributed by atoms with E-state index in [2.05, 4.69) is 123 Å². The molecule has 5 rings (SSSR count). The number of para-hydroxylation sites is 2. The molecule has 0 amide bonds. The largest absolute Gasteiger partial charge is 0.491 e. The van der Waals surface area contributed by atoms with Crippen LogP contribution < -0.4 is 4.74 Å². The summed E-state index contributed by atoms with van der Waals surface area (Å²) in [6, 6.07) is 37.8. The molecular weight excluding hydrogens is 500 g/mol. The van der Waals surface area contributed by atoms with E-state index >= 15 is 0 Å². The van der Waals surface area contributed by atoms with Crippen molar-refractivity contribution < 1.29 is 4.74 Å². The molecule has 1 aromatic heterocycles. The fraction of sp³-hybridized carbons (Fsp3) is 0.184. The summed E-state index contributed by atoms with van der Waals surface area (Å²) in [6.07, 6.45) is 7.73. The van der Waals surface area contributed by atoms with Crippen molar-refractivity contribution in [3.8, 4) is 5.75 Å². The van der Waals surface area contributed by atoms with Crippen LogP contribution in [0.3, 0.4) is 0 Å². The van der Waals surface area contributed by atoms with E-state index in [4.69, 9.17) is 9.73 Å². The molecule has 0 atom stereocenters. The van der Waals surface area contributed by atoms with Crippen LogP contribution in [0, 0.1) is 6.92 Å². The van der Waals surface area contributed by atoms with E-state index in [0.29, 0.717) is 0 Å². The van der Waals surface area contributed by atoms with E-state index in [9.17, 15) is 0 Å². The summed E-state index contributed by atoms with van der Waals surface area (Å²) in [7, 11) is 0. The number of ether oxygens (including phenoxy) is 1. The molecular formula is C38H38N2O. The Morgan fingerprint density at radius 1 is 0.829 bits per heavy atom. The maximum Gasteiger partial charge on any atom is 0.119 e. The zero-order chi connectivity index (χ0) is 28.6. The van der Waals surface area contributed by atoms with Gasteiger partial charge in [0.15, 0.2) is 0 Å². The van der Waals surface area contributed by atoms with E-state index in [1.165, 1.54) is 27.7 Å². The van der Waals surface area contributed by atoms with Crippen LogP contribution in [0.5, 0.6) is 5.75 Å². The molecule has 0 saturated heterocycles. The molecule has 3 heteroatoms. The molecule has 0 aliphatic heterocycles. The zero-order valence-electron chi connectivity index (χ0n) is 24.4. The fourth-order valence-electron chi connectivity index (χ4n) is 5.24. The highest BCUT2D eigenvalue weighted by atomic mass is 16.5. The van der Waals surface area contributed by atoms with Gasteiger partial charge in [0.25, 0.3) is 0 Å². The molecule has 5 aromatic rings. The first-order valence-electron chi connectivity index (χ1n) is 14.4. The van der Waals surface area contributed by atoms with Crippen LogP contribution in [0.1, 0.15) is 43.2 Å². The average Bonchev–Trinajstić information content (AvgIpc) is 3.25. The summed E-state index contributed by atoms with van der Waals surface area (Å²) < 4.78 is 8.26. The molecule has 0 aliphatic carbocycles. The number of hydrogen-bond donors (Lipinski definition) is 0. The van der Waals surface area contributed by atoms with Gasteiger partial charge in [-0.1, -0.05) is 97.1 Å². The standard InChI is InChI=1S/C38H38N2O/c1-28(2)41-34-24-22-31(23-25-34)26-27-40-30(4)36(37-18-11-12-21-38(37)40)20-13-19-35(32-14-7-5-8-15-32)29(3)39-33-16-9-6-10-17-33/h5-25,28H,26-27H2,1-4H3/b20-13+,35-19+,39-29?. The van der Waals surface area contributed by atoms with Crippen molar-refractivity contribution in [3.63, 3.8) is 0 Å². The number of benzene rings is 4. The summed E-state index contributed by atoms with van der Waals surface area (Å²) in [4.78, 5) is 4.91. The van der Waals surface area contributed by atoms with Gasteiger partial charge in [0, 0.05) is 40.0 Å². The number of rotatable bonds is 10. The predicted molar refractivity (Wildman–Crippen MR) is 175 cm³/mol. The quantitative estimate of drug-likeness (QED) is 0.128. The summed E-state index contributed by atoms with van der Waals surface area (Å²) in [5, 5.41) is 1.27. The van der Waals surface area contributed by atoms with Gasteiger partial charge < -0.3 is 9.30 Å².